The lowest BCUT2D eigenvalue weighted by Crippen LogP contribution is -2.32. The van der Waals surface area contributed by atoms with Gasteiger partial charge in [0.25, 0.3) is 15.0 Å². The normalized spacial score (nSPS) is 13.0. The third-order valence-corrected chi connectivity index (χ3v) is 4.40. The van der Waals surface area contributed by atoms with E-state index in [0.717, 1.165) is 12.8 Å². The first-order valence-electron chi connectivity index (χ1n) is 6.67. The fourth-order valence-corrected chi connectivity index (χ4v) is 3.15. The zero-order valence-corrected chi connectivity index (χ0v) is 13.9. The molecule has 118 valence electrons. The summed E-state index contributed by atoms with van der Waals surface area (Å²) in [6, 6.07) is 4.41. The van der Waals surface area contributed by atoms with Crippen molar-refractivity contribution >= 4 is 25.6 Å². The van der Waals surface area contributed by atoms with Gasteiger partial charge in [0, 0.05) is 29.4 Å². The van der Waals surface area contributed by atoms with E-state index in [0.29, 0.717) is 5.56 Å². The number of hydrogen-bond donors (Lipinski definition) is 1. The fraction of sp³-hybridized carbons (Fsp3) is 0.500. The zero-order valence-electron chi connectivity index (χ0n) is 12.3. The molecule has 0 fully saturated rings. The second kappa shape index (κ2) is 7.77. The summed E-state index contributed by atoms with van der Waals surface area (Å²) in [7, 11) is 2.93. The minimum atomic E-state index is -3.94. The van der Waals surface area contributed by atoms with Crippen molar-refractivity contribution in [2.75, 3.05) is 7.11 Å². The summed E-state index contributed by atoms with van der Waals surface area (Å²) in [6.45, 7) is 4.04. The van der Waals surface area contributed by atoms with Crippen LogP contribution < -0.4 is 5.32 Å². The van der Waals surface area contributed by atoms with Crippen molar-refractivity contribution in [3.05, 3.63) is 29.3 Å². The van der Waals surface area contributed by atoms with Gasteiger partial charge in [0.15, 0.2) is 0 Å². The van der Waals surface area contributed by atoms with Crippen LogP contribution in [0.15, 0.2) is 23.1 Å². The van der Waals surface area contributed by atoms with Crippen molar-refractivity contribution < 1.29 is 17.9 Å². The molecule has 1 atom stereocenters. The molecule has 0 saturated heterocycles. The molecule has 0 bridgehead atoms. The van der Waals surface area contributed by atoms with Crippen molar-refractivity contribution in [2.45, 2.75) is 44.2 Å². The highest BCUT2D eigenvalue weighted by atomic mass is 35.7. The van der Waals surface area contributed by atoms with E-state index >= 15 is 0 Å². The van der Waals surface area contributed by atoms with E-state index < -0.39 is 9.05 Å². The Morgan fingerprint density at radius 2 is 2.10 bits per heavy atom. The van der Waals surface area contributed by atoms with E-state index in [-0.39, 0.29) is 29.0 Å². The number of nitrogens with one attached hydrogen (secondary N) is 1. The molecule has 21 heavy (non-hydrogen) atoms. The van der Waals surface area contributed by atoms with Gasteiger partial charge in [0.05, 0.1) is 11.5 Å². The quantitative estimate of drug-likeness (QED) is 0.779. The van der Waals surface area contributed by atoms with Gasteiger partial charge in [-0.2, -0.15) is 0 Å². The van der Waals surface area contributed by atoms with E-state index in [4.69, 9.17) is 15.4 Å². The topological polar surface area (TPSA) is 72.5 Å². The van der Waals surface area contributed by atoms with Crippen LogP contribution in [0, 0.1) is 0 Å². The summed E-state index contributed by atoms with van der Waals surface area (Å²) in [6.07, 6.45) is 1.81. The molecule has 0 aromatic heterocycles. The third-order valence-electron chi connectivity index (χ3n) is 2.99. The van der Waals surface area contributed by atoms with Crippen LogP contribution >= 0.6 is 10.7 Å². The number of rotatable bonds is 7. The second-order valence-corrected chi connectivity index (χ2v) is 7.39. The minimum absolute atomic E-state index is 0.0252. The van der Waals surface area contributed by atoms with Gasteiger partial charge in [0.1, 0.15) is 0 Å². The summed E-state index contributed by atoms with van der Waals surface area (Å²) in [5.74, 6) is -0.318. The van der Waals surface area contributed by atoms with E-state index in [1.165, 1.54) is 19.2 Å². The van der Waals surface area contributed by atoms with Crippen molar-refractivity contribution in [1.29, 1.82) is 0 Å². The lowest BCUT2D eigenvalue weighted by molar-refractivity contribution is 0.0938. The molecule has 1 rings (SSSR count). The van der Waals surface area contributed by atoms with Crippen LogP contribution in [-0.2, 0) is 20.4 Å². The van der Waals surface area contributed by atoms with Gasteiger partial charge >= 0.3 is 0 Å². The molecule has 5 nitrogen and oxygen atoms in total. The standard InChI is InChI=1S/C14H20ClNO4S/c1-4-5-10(2)16-14(17)11-6-7-12(9-20-3)13(8-11)21(15,18)19/h6-8,10H,4-5,9H2,1-3H3,(H,16,17). The average Bonchev–Trinajstić information content (AvgIpc) is 2.38. The van der Waals surface area contributed by atoms with Gasteiger partial charge in [-0.1, -0.05) is 19.4 Å². The highest BCUT2D eigenvalue weighted by molar-refractivity contribution is 8.13. The van der Waals surface area contributed by atoms with Gasteiger partial charge in [-0.15, -0.1) is 0 Å². The van der Waals surface area contributed by atoms with Crippen molar-refractivity contribution in [2.24, 2.45) is 0 Å². The van der Waals surface area contributed by atoms with Crippen LogP contribution in [0.5, 0.6) is 0 Å². The first kappa shape index (κ1) is 17.9. The molecule has 0 radical (unpaired) electrons. The number of carbonyl (C=O) groups excluding carboxylic acids is 1. The maximum Gasteiger partial charge on any atom is 0.261 e. The summed E-state index contributed by atoms with van der Waals surface area (Å²) in [5.41, 5.74) is 0.683. The van der Waals surface area contributed by atoms with Crippen LogP contribution in [-0.4, -0.2) is 27.5 Å². The van der Waals surface area contributed by atoms with Gasteiger partial charge in [-0.05, 0) is 31.0 Å². The Kier molecular flexibility index (Phi) is 6.64. The van der Waals surface area contributed by atoms with E-state index in [1.54, 1.807) is 6.07 Å². The van der Waals surface area contributed by atoms with Crippen LogP contribution in [0.25, 0.3) is 0 Å². The lowest BCUT2D eigenvalue weighted by Gasteiger charge is -2.14. The van der Waals surface area contributed by atoms with Gasteiger partial charge in [-0.25, -0.2) is 8.42 Å². The Labute approximate surface area is 130 Å². The molecule has 1 aromatic rings. The Morgan fingerprint density at radius 1 is 1.43 bits per heavy atom. The number of ether oxygens (including phenoxy) is 1. The van der Waals surface area contributed by atoms with Crippen LogP contribution in [0.3, 0.4) is 0 Å². The molecule has 1 aromatic carbocycles. The monoisotopic (exact) mass is 333 g/mol. The predicted molar refractivity (Wildman–Crippen MR) is 82.0 cm³/mol. The first-order valence-corrected chi connectivity index (χ1v) is 8.98. The predicted octanol–water partition coefficient (Wildman–Crippen LogP) is 2.68. The zero-order chi connectivity index (χ0) is 16.0. The van der Waals surface area contributed by atoms with Crippen LogP contribution in [0.1, 0.15) is 42.6 Å². The molecule has 0 aliphatic carbocycles. The van der Waals surface area contributed by atoms with Gasteiger partial charge in [-0.3, -0.25) is 4.79 Å². The lowest BCUT2D eigenvalue weighted by atomic mass is 10.1. The second-order valence-electron chi connectivity index (χ2n) is 4.86. The number of methoxy groups -OCH3 is 1. The molecule has 0 aliphatic heterocycles. The van der Waals surface area contributed by atoms with Crippen LogP contribution in [0.2, 0.25) is 0 Å². The summed E-state index contributed by atoms with van der Waals surface area (Å²) < 4.78 is 28.1. The molecule has 7 heteroatoms. The summed E-state index contributed by atoms with van der Waals surface area (Å²) in [5, 5.41) is 2.82. The SMILES string of the molecule is CCCC(C)NC(=O)c1ccc(COC)c(S(=O)(=O)Cl)c1. The van der Waals surface area contributed by atoms with E-state index in [1.807, 2.05) is 13.8 Å². The Bertz CT molecular complexity index is 601. The van der Waals surface area contributed by atoms with Gasteiger partial charge in [0.2, 0.25) is 0 Å². The van der Waals surface area contributed by atoms with Crippen molar-refractivity contribution in [3.8, 4) is 0 Å². The molecular weight excluding hydrogens is 314 g/mol. The first-order chi connectivity index (χ1) is 9.79. The Hall–Kier alpha value is -1.11. The highest BCUT2D eigenvalue weighted by Crippen LogP contribution is 2.22. The summed E-state index contributed by atoms with van der Waals surface area (Å²) >= 11 is 0. The fourth-order valence-electron chi connectivity index (χ4n) is 2.01. The third kappa shape index (κ3) is 5.30. The smallest absolute Gasteiger partial charge is 0.261 e. The van der Waals surface area contributed by atoms with Crippen molar-refractivity contribution in [3.63, 3.8) is 0 Å². The number of amides is 1. The molecule has 0 spiro atoms. The van der Waals surface area contributed by atoms with Gasteiger partial charge < -0.3 is 10.1 Å². The highest BCUT2D eigenvalue weighted by Gasteiger charge is 2.19. The van der Waals surface area contributed by atoms with Crippen molar-refractivity contribution in [1.82, 2.24) is 5.32 Å². The molecule has 0 aliphatic rings. The maximum atomic E-state index is 12.1. The molecular formula is C14H20ClNO4S. The van der Waals surface area contributed by atoms with E-state index in [9.17, 15) is 13.2 Å². The number of carbonyl (C=O) groups is 1. The average molecular weight is 334 g/mol. The van der Waals surface area contributed by atoms with Crippen LogP contribution in [0.4, 0.5) is 0 Å². The molecule has 1 N–H and O–H groups in total. The summed E-state index contributed by atoms with van der Waals surface area (Å²) in [4.78, 5) is 12.0. The molecule has 1 unspecified atom stereocenters. The Balaban J connectivity index is 3.08. The number of hydrogen-bond acceptors (Lipinski definition) is 4. The molecule has 0 heterocycles. The minimum Gasteiger partial charge on any atom is -0.380 e. The molecule has 1 amide bonds. The number of benzene rings is 1. The maximum absolute atomic E-state index is 12.1. The largest absolute Gasteiger partial charge is 0.380 e. The molecule has 0 saturated carbocycles. The Morgan fingerprint density at radius 3 is 2.62 bits per heavy atom. The number of halogens is 1. The van der Waals surface area contributed by atoms with E-state index in [2.05, 4.69) is 5.32 Å².